The fraction of sp³-hybridized carbons (Fsp3) is 0.500. The second kappa shape index (κ2) is 19.7. The molecule has 4 rings (SSSR count). The molecule has 11 heteroatoms. The standard InChI is InChI=1S/C16H22N2O3.C13H18N2O2.C3H5ClO/c1-3-16(20)18(14-7-5-4-6-8-14)12-15-11-17(13(2)19)9-10-21-15;1-11(16)15-7-8-17-13(10-15)9-14-12-5-3-2-4-6-12;1-2-3(4)5/h4-8,15H,3,9-12H2,1-2H3;2-6,13-14H,7-10H2,1H3;2H2,1H3. The Kier molecular flexibility index (Phi) is 16.3. The van der Waals surface area contributed by atoms with Crippen molar-refractivity contribution in [2.24, 2.45) is 0 Å². The molecule has 1 N–H and O–H groups in total. The SMILES string of the molecule is CC(=O)N1CCOC(CNc2ccccc2)C1.CCC(=O)Cl.CCC(=O)N(CC1CN(C(C)=O)CCO1)c1ccccc1. The van der Waals surface area contributed by atoms with E-state index in [9.17, 15) is 19.2 Å². The number of para-hydroxylation sites is 2. The normalized spacial score (nSPS) is 17.8. The summed E-state index contributed by atoms with van der Waals surface area (Å²) in [6.07, 6.45) is 0.811. The van der Waals surface area contributed by atoms with Gasteiger partial charge in [-0.05, 0) is 35.9 Å². The molecule has 2 aliphatic heterocycles. The lowest BCUT2D eigenvalue weighted by Gasteiger charge is -2.35. The van der Waals surface area contributed by atoms with E-state index in [4.69, 9.17) is 21.1 Å². The number of benzene rings is 2. The largest absolute Gasteiger partial charge is 0.382 e. The Morgan fingerprint density at radius 1 is 0.814 bits per heavy atom. The Hall–Kier alpha value is -3.47. The molecule has 0 spiro atoms. The van der Waals surface area contributed by atoms with Crippen molar-refractivity contribution in [2.45, 2.75) is 52.7 Å². The minimum Gasteiger partial charge on any atom is -0.382 e. The summed E-state index contributed by atoms with van der Waals surface area (Å²) in [7, 11) is 0. The Morgan fingerprint density at radius 2 is 1.30 bits per heavy atom. The van der Waals surface area contributed by atoms with Crippen LogP contribution in [0.4, 0.5) is 11.4 Å². The van der Waals surface area contributed by atoms with Crippen molar-refractivity contribution in [3.05, 3.63) is 60.7 Å². The highest BCUT2D eigenvalue weighted by Gasteiger charge is 2.26. The van der Waals surface area contributed by atoms with Gasteiger partial charge in [-0.25, -0.2) is 0 Å². The van der Waals surface area contributed by atoms with Crippen LogP contribution in [0.1, 0.15) is 40.5 Å². The predicted molar refractivity (Wildman–Crippen MR) is 169 cm³/mol. The molecule has 10 nitrogen and oxygen atoms in total. The summed E-state index contributed by atoms with van der Waals surface area (Å²) in [5.74, 6) is 0.235. The fourth-order valence-corrected chi connectivity index (χ4v) is 4.39. The van der Waals surface area contributed by atoms with E-state index >= 15 is 0 Å². The number of hydrogen-bond acceptors (Lipinski definition) is 7. The third-order valence-corrected chi connectivity index (χ3v) is 7.08. The van der Waals surface area contributed by atoms with Gasteiger partial charge in [0.2, 0.25) is 23.0 Å². The molecule has 2 heterocycles. The Bertz CT molecular complexity index is 1140. The number of nitrogens with zero attached hydrogens (tertiary/aromatic N) is 3. The van der Waals surface area contributed by atoms with Gasteiger partial charge in [0.25, 0.3) is 0 Å². The zero-order chi connectivity index (χ0) is 31.6. The molecule has 2 unspecified atom stereocenters. The van der Waals surface area contributed by atoms with Gasteiger partial charge in [0.1, 0.15) is 0 Å². The van der Waals surface area contributed by atoms with Crippen LogP contribution in [0, 0.1) is 0 Å². The number of rotatable bonds is 8. The van der Waals surface area contributed by atoms with Crippen molar-refractivity contribution in [1.29, 1.82) is 0 Å². The smallest absolute Gasteiger partial charge is 0.226 e. The van der Waals surface area contributed by atoms with Crippen molar-refractivity contribution >= 4 is 45.9 Å². The summed E-state index contributed by atoms with van der Waals surface area (Å²) in [6, 6.07) is 19.6. The number of amides is 3. The summed E-state index contributed by atoms with van der Waals surface area (Å²) in [4.78, 5) is 49.9. The van der Waals surface area contributed by atoms with Crippen LogP contribution in [-0.2, 0) is 28.7 Å². The zero-order valence-corrected chi connectivity index (χ0v) is 26.4. The maximum absolute atomic E-state index is 12.2. The number of halogens is 1. The topological polar surface area (TPSA) is 108 Å². The molecule has 2 atom stereocenters. The van der Waals surface area contributed by atoms with Gasteiger partial charge in [-0.1, -0.05) is 50.2 Å². The lowest BCUT2D eigenvalue weighted by molar-refractivity contribution is -0.136. The summed E-state index contributed by atoms with van der Waals surface area (Å²) in [5, 5.41) is 3.04. The maximum Gasteiger partial charge on any atom is 0.226 e. The number of nitrogens with one attached hydrogen (secondary N) is 1. The van der Waals surface area contributed by atoms with E-state index < -0.39 is 0 Å². The van der Waals surface area contributed by atoms with Crippen LogP contribution >= 0.6 is 11.6 Å². The molecule has 0 aliphatic carbocycles. The van der Waals surface area contributed by atoms with E-state index in [0.29, 0.717) is 58.8 Å². The van der Waals surface area contributed by atoms with Crippen LogP contribution in [0.25, 0.3) is 0 Å². The Labute approximate surface area is 260 Å². The zero-order valence-electron chi connectivity index (χ0n) is 25.7. The van der Waals surface area contributed by atoms with E-state index in [0.717, 1.165) is 17.9 Å². The Morgan fingerprint density at radius 3 is 1.79 bits per heavy atom. The molecule has 2 aromatic carbocycles. The molecule has 0 bridgehead atoms. The predicted octanol–water partition coefficient (Wildman–Crippen LogP) is 4.18. The van der Waals surface area contributed by atoms with Gasteiger partial charge in [0, 0.05) is 70.8 Å². The number of hydrogen-bond donors (Lipinski definition) is 1. The average molecular weight is 617 g/mol. The molecule has 2 aliphatic rings. The molecular weight excluding hydrogens is 572 g/mol. The second-order valence-electron chi connectivity index (χ2n) is 10.1. The van der Waals surface area contributed by atoms with Crippen LogP contribution < -0.4 is 10.2 Å². The van der Waals surface area contributed by atoms with Crippen LogP contribution in [0.15, 0.2) is 60.7 Å². The summed E-state index contributed by atoms with van der Waals surface area (Å²) in [6.45, 7) is 11.6. The number of anilines is 2. The molecule has 43 heavy (non-hydrogen) atoms. The highest BCUT2D eigenvalue weighted by molar-refractivity contribution is 6.63. The lowest BCUT2D eigenvalue weighted by Crippen LogP contribution is -2.50. The van der Waals surface area contributed by atoms with Gasteiger partial charge >= 0.3 is 0 Å². The molecule has 0 aromatic heterocycles. The maximum atomic E-state index is 12.2. The molecule has 3 amide bonds. The molecule has 236 valence electrons. The van der Waals surface area contributed by atoms with Crippen LogP contribution in [-0.4, -0.2) is 97.5 Å². The molecular formula is C32H45ClN4O6. The monoisotopic (exact) mass is 616 g/mol. The van der Waals surface area contributed by atoms with E-state index in [1.54, 1.807) is 30.6 Å². The van der Waals surface area contributed by atoms with Crippen molar-refractivity contribution in [2.75, 3.05) is 62.7 Å². The first-order valence-corrected chi connectivity index (χ1v) is 15.1. The molecule has 2 aromatic rings. The quantitative estimate of drug-likeness (QED) is 0.443. The van der Waals surface area contributed by atoms with Crippen LogP contribution in [0.5, 0.6) is 0 Å². The van der Waals surface area contributed by atoms with E-state index in [1.165, 1.54) is 0 Å². The third-order valence-electron chi connectivity index (χ3n) is 6.81. The minimum atomic E-state index is -0.273. The van der Waals surface area contributed by atoms with Gasteiger partial charge in [-0.15, -0.1) is 0 Å². The van der Waals surface area contributed by atoms with Crippen LogP contribution in [0.3, 0.4) is 0 Å². The lowest BCUT2D eigenvalue weighted by atomic mass is 10.2. The number of carbonyl (C=O) groups excluding carboxylic acids is 4. The second-order valence-corrected chi connectivity index (χ2v) is 10.5. The van der Waals surface area contributed by atoms with Crippen LogP contribution in [0.2, 0.25) is 0 Å². The van der Waals surface area contributed by atoms with Crippen molar-refractivity contribution < 1.29 is 28.7 Å². The molecule has 2 fully saturated rings. The molecule has 2 saturated heterocycles. The van der Waals surface area contributed by atoms with Gasteiger partial charge in [0.05, 0.1) is 32.0 Å². The first-order chi connectivity index (χ1) is 20.6. The van der Waals surface area contributed by atoms with Crippen molar-refractivity contribution in [3.63, 3.8) is 0 Å². The first kappa shape index (κ1) is 35.7. The number of ether oxygens (including phenoxy) is 2. The molecule has 0 saturated carbocycles. The third kappa shape index (κ3) is 13.6. The Balaban J connectivity index is 0.000000264. The van der Waals surface area contributed by atoms with Gasteiger partial charge < -0.3 is 29.5 Å². The highest BCUT2D eigenvalue weighted by Crippen LogP contribution is 2.17. The van der Waals surface area contributed by atoms with E-state index in [-0.39, 0.29) is 35.2 Å². The fourth-order valence-electron chi connectivity index (χ4n) is 4.39. The van der Waals surface area contributed by atoms with E-state index in [1.807, 2.05) is 72.5 Å². The van der Waals surface area contributed by atoms with Gasteiger partial charge in [-0.3, -0.25) is 19.2 Å². The van der Waals surface area contributed by atoms with E-state index in [2.05, 4.69) is 5.32 Å². The average Bonchev–Trinajstić information content (AvgIpc) is 3.04. The van der Waals surface area contributed by atoms with Gasteiger partial charge in [0.15, 0.2) is 0 Å². The summed E-state index contributed by atoms with van der Waals surface area (Å²) < 4.78 is 11.3. The van der Waals surface area contributed by atoms with Crippen molar-refractivity contribution in [3.8, 4) is 0 Å². The highest BCUT2D eigenvalue weighted by atomic mass is 35.5. The number of morpholine rings is 2. The molecule has 0 radical (unpaired) electrons. The first-order valence-electron chi connectivity index (χ1n) is 14.7. The van der Waals surface area contributed by atoms with Crippen molar-refractivity contribution in [1.82, 2.24) is 9.80 Å². The summed E-state index contributed by atoms with van der Waals surface area (Å²) >= 11 is 4.82. The minimum absolute atomic E-state index is 0.0522. The summed E-state index contributed by atoms with van der Waals surface area (Å²) in [5.41, 5.74) is 1.95. The van der Waals surface area contributed by atoms with Gasteiger partial charge in [-0.2, -0.15) is 0 Å². The number of carbonyl (C=O) groups is 4.